The zero-order chi connectivity index (χ0) is 13.2. The first-order valence-corrected chi connectivity index (χ1v) is 6.41. The number of nitrogens with zero attached hydrogens (tertiary/aromatic N) is 2. The van der Waals surface area contributed by atoms with Crippen LogP contribution in [-0.4, -0.2) is 41.6 Å². The molecule has 0 aromatic carbocycles. The minimum Gasteiger partial charge on any atom is -0.477 e. The zero-order valence-electron chi connectivity index (χ0n) is 11.1. The summed E-state index contributed by atoms with van der Waals surface area (Å²) in [5.74, 6) is -0.872. The van der Waals surface area contributed by atoms with Crippen LogP contribution in [0.25, 0.3) is 0 Å². The number of carbonyl (C=O) groups is 1. The van der Waals surface area contributed by atoms with E-state index in [-0.39, 0.29) is 5.41 Å². The first-order chi connectivity index (χ1) is 7.71. The molecule has 1 N–H and O–H groups in total. The number of aromatic nitrogens is 1. The number of carboxylic acid groups (broad SMARTS) is 1. The Morgan fingerprint density at radius 2 is 2.00 bits per heavy atom. The van der Waals surface area contributed by atoms with E-state index in [1.807, 2.05) is 34.9 Å². The van der Waals surface area contributed by atoms with Gasteiger partial charge in [0, 0.05) is 18.4 Å². The summed E-state index contributed by atoms with van der Waals surface area (Å²) in [5, 5.41) is 10.1. The lowest BCUT2D eigenvalue weighted by Crippen LogP contribution is -2.17. The van der Waals surface area contributed by atoms with Crippen LogP contribution in [0.1, 0.15) is 41.1 Å². The van der Waals surface area contributed by atoms with Crippen LogP contribution in [0.2, 0.25) is 0 Å². The highest BCUT2D eigenvalue weighted by Gasteiger charge is 2.26. The molecule has 0 bridgehead atoms. The molecule has 0 atom stereocenters. The quantitative estimate of drug-likeness (QED) is 0.897. The first-order valence-electron chi connectivity index (χ1n) is 5.60. The predicted molar refractivity (Wildman–Crippen MR) is 70.0 cm³/mol. The number of hydrogen-bond donors (Lipinski definition) is 1. The van der Waals surface area contributed by atoms with Gasteiger partial charge in [0.2, 0.25) is 0 Å². The number of hydrogen-bond acceptors (Lipinski definition) is 4. The van der Waals surface area contributed by atoms with E-state index in [0.29, 0.717) is 10.6 Å². The molecule has 1 heterocycles. The summed E-state index contributed by atoms with van der Waals surface area (Å²) in [6, 6.07) is 0. The fourth-order valence-electron chi connectivity index (χ4n) is 1.44. The topological polar surface area (TPSA) is 53.4 Å². The highest BCUT2D eigenvalue weighted by Crippen LogP contribution is 2.29. The first kappa shape index (κ1) is 14.1. The van der Waals surface area contributed by atoms with E-state index in [1.54, 1.807) is 0 Å². The number of carboxylic acids is 1. The monoisotopic (exact) mass is 256 g/mol. The number of rotatable bonds is 4. The maximum absolute atomic E-state index is 11.2. The summed E-state index contributed by atoms with van der Waals surface area (Å²) in [7, 11) is 3.99. The van der Waals surface area contributed by atoms with Crippen molar-refractivity contribution in [1.82, 2.24) is 9.88 Å². The van der Waals surface area contributed by atoms with Gasteiger partial charge in [-0.3, -0.25) is 0 Å². The summed E-state index contributed by atoms with van der Waals surface area (Å²) >= 11 is 1.30. The summed E-state index contributed by atoms with van der Waals surface area (Å²) in [6.07, 6.45) is 0.800. The van der Waals surface area contributed by atoms with Gasteiger partial charge >= 0.3 is 5.97 Å². The molecule has 0 unspecified atom stereocenters. The van der Waals surface area contributed by atoms with Crippen molar-refractivity contribution >= 4 is 17.3 Å². The molecule has 17 heavy (non-hydrogen) atoms. The molecule has 0 amide bonds. The van der Waals surface area contributed by atoms with Gasteiger partial charge in [-0.2, -0.15) is 0 Å². The molecule has 0 fully saturated rings. The van der Waals surface area contributed by atoms with E-state index in [9.17, 15) is 9.90 Å². The van der Waals surface area contributed by atoms with E-state index in [1.165, 1.54) is 11.3 Å². The second-order valence-electron chi connectivity index (χ2n) is 5.39. The lowest BCUT2D eigenvalue weighted by molar-refractivity contribution is 0.0699. The van der Waals surface area contributed by atoms with E-state index in [4.69, 9.17) is 0 Å². The zero-order valence-corrected chi connectivity index (χ0v) is 11.9. The van der Waals surface area contributed by atoms with Gasteiger partial charge in [0.1, 0.15) is 4.88 Å². The fourth-order valence-corrected chi connectivity index (χ4v) is 2.55. The third kappa shape index (κ3) is 3.78. The summed E-state index contributed by atoms with van der Waals surface area (Å²) in [4.78, 5) is 18.1. The van der Waals surface area contributed by atoms with Crippen LogP contribution in [0.3, 0.4) is 0 Å². The standard InChI is InChI=1S/C12H20N2O2S/c1-12(2,3)10-9(11(15)16)17-8(13-10)6-7-14(4)5/h6-7H2,1-5H3,(H,15,16). The van der Waals surface area contributed by atoms with Gasteiger partial charge in [-0.15, -0.1) is 11.3 Å². The molecular weight excluding hydrogens is 236 g/mol. The SMILES string of the molecule is CN(C)CCc1nc(C(C)(C)C)c(C(=O)O)s1. The lowest BCUT2D eigenvalue weighted by Gasteiger charge is -2.16. The van der Waals surface area contributed by atoms with Crippen LogP contribution < -0.4 is 0 Å². The molecule has 0 saturated heterocycles. The van der Waals surface area contributed by atoms with Crippen LogP contribution in [0.4, 0.5) is 0 Å². The Morgan fingerprint density at radius 1 is 1.41 bits per heavy atom. The normalized spacial score (nSPS) is 12.1. The molecule has 96 valence electrons. The highest BCUT2D eigenvalue weighted by molar-refractivity contribution is 7.13. The minimum atomic E-state index is -0.872. The van der Waals surface area contributed by atoms with Crippen LogP contribution in [0.15, 0.2) is 0 Å². The Kier molecular flexibility index (Phi) is 4.27. The molecule has 0 spiro atoms. The number of aromatic carboxylic acids is 1. The van der Waals surface area contributed by atoms with Gasteiger partial charge < -0.3 is 10.0 Å². The van der Waals surface area contributed by atoms with Crippen molar-refractivity contribution in [3.63, 3.8) is 0 Å². The molecule has 0 radical (unpaired) electrons. The van der Waals surface area contributed by atoms with Crippen LogP contribution in [-0.2, 0) is 11.8 Å². The van der Waals surface area contributed by atoms with E-state index < -0.39 is 5.97 Å². The highest BCUT2D eigenvalue weighted by atomic mass is 32.1. The molecule has 1 aromatic rings. The van der Waals surface area contributed by atoms with Crippen molar-refractivity contribution in [3.05, 3.63) is 15.6 Å². The Labute approximate surface area is 106 Å². The van der Waals surface area contributed by atoms with Crippen LogP contribution >= 0.6 is 11.3 Å². The van der Waals surface area contributed by atoms with Crippen molar-refractivity contribution in [2.24, 2.45) is 0 Å². The third-order valence-corrected chi connectivity index (χ3v) is 3.45. The molecule has 0 aliphatic heterocycles. The van der Waals surface area contributed by atoms with Crippen molar-refractivity contribution in [1.29, 1.82) is 0 Å². The van der Waals surface area contributed by atoms with Gasteiger partial charge in [0.15, 0.2) is 0 Å². The third-order valence-electron chi connectivity index (χ3n) is 2.35. The molecule has 5 heteroatoms. The molecule has 1 aromatic heterocycles. The Hall–Kier alpha value is -0.940. The maximum atomic E-state index is 11.2. The molecule has 1 rings (SSSR count). The summed E-state index contributed by atoms with van der Waals surface area (Å²) in [5.41, 5.74) is 0.476. The Balaban J connectivity index is 3.01. The Morgan fingerprint density at radius 3 is 2.35 bits per heavy atom. The average Bonchev–Trinajstić information content (AvgIpc) is 2.57. The summed E-state index contributed by atoms with van der Waals surface area (Å²) < 4.78 is 0. The average molecular weight is 256 g/mol. The minimum absolute atomic E-state index is 0.222. The smallest absolute Gasteiger partial charge is 0.347 e. The molecular formula is C12H20N2O2S. The number of thiazole rings is 1. The fraction of sp³-hybridized carbons (Fsp3) is 0.667. The number of likely N-dealkylation sites (N-methyl/N-ethyl adjacent to an activating group) is 1. The van der Waals surface area contributed by atoms with Crippen molar-refractivity contribution < 1.29 is 9.90 Å². The van der Waals surface area contributed by atoms with Gasteiger partial charge in [-0.05, 0) is 14.1 Å². The van der Waals surface area contributed by atoms with Gasteiger partial charge in [-0.25, -0.2) is 9.78 Å². The van der Waals surface area contributed by atoms with Gasteiger partial charge in [0.05, 0.1) is 10.7 Å². The van der Waals surface area contributed by atoms with Crippen LogP contribution in [0, 0.1) is 0 Å². The van der Waals surface area contributed by atoms with E-state index in [2.05, 4.69) is 9.88 Å². The molecule has 4 nitrogen and oxygen atoms in total. The Bertz CT molecular complexity index is 405. The predicted octanol–water partition coefficient (Wildman–Crippen LogP) is 2.24. The largest absolute Gasteiger partial charge is 0.477 e. The molecule has 0 aliphatic rings. The molecule has 0 aliphatic carbocycles. The second-order valence-corrected chi connectivity index (χ2v) is 6.48. The summed E-state index contributed by atoms with van der Waals surface area (Å²) in [6.45, 7) is 6.86. The van der Waals surface area contributed by atoms with E-state index in [0.717, 1.165) is 18.0 Å². The van der Waals surface area contributed by atoms with Gasteiger partial charge in [0.25, 0.3) is 0 Å². The van der Waals surface area contributed by atoms with Crippen LogP contribution in [0.5, 0.6) is 0 Å². The lowest BCUT2D eigenvalue weighted by atomic mass is 9.91. The maximum Gasteiger partial charge on any atom is 0.347 e. The van der Waals surface area contributed by atoms with Crippen molar-refractivity contribution in [2.75, 3.05) is 20.6 Å². The van der Waals surface area contributed by atoms with E-state index >= 15 is 0 Å². The van der Waals surface area contributed by atoms with Crippen molar-refractivity contribution in [3.8, 4) is 0 Å². The second kappa shape index (κ2) is 5.14. The van der Waals surface area contributed by atoms with Gasteiger partial charge in [-0.1, -0.05) is 20.8 Å². The molecule has 0 saturated carbocycles. The van der Waals surface area contributed by atoms with Crippen molar-refractivity contribution in [2.45, 2.75) is 32.6 Å².